The highest BCUT2D eigenvalue weighted by Crippen LogP contribution is 2.25. The summed E-state index contributed by atoms with van der Waals surface area (Å²) in [6.45, 7) is 1.56. The molecule has 0 aliphatic carbocycles. The Hall–Kier alpha value is -2.44. The van der Waals surface area contributed by atoms with Crippen molar-refractivity contribution in [3.63, 3.8) is 0 Å². The number of para-hydroxylation sites is 1. The monoisotopic (exact) mass is 332 g/mol. The van der Waals surface area contributed by atoms with Crippen molar-refractivity contribution in [2.75, 3.05) is 19.7 Å². The Morgan fingerprint density at radius 1 is 1.42 bits per heavy atom. The molecular formula is C17H21FN4O2. The van der Waals surface area contributed by atoms with Crippen LogP contribution in [0.1, 0.15) is 31.0 Å². The molecule has 2 heterocycles. The van der Waals surface area contributed by atoms with Crippen molar-refractivity contribution in [3.05, 3.63) is 42.2 Å². The van der Waals surface area contributed by atoms with E-state index in [2.05, 4.69) is 10.2 Å². The normalized spacial score (nSPS) is 17.8. The Morgan fingerprint density at radius 3 is 3.00 bits per heavy atom. The number of hydrogen-bond acceptors (Lipinski definition) is 4. The molecule has 1 fully saturated rings. The molecule has 1 atom stereocenters. The van der Waals surface area contributed by atoms with Gasteiger partial charge in [-0.15, -0.1) is 10.2 Å². The molecule has 6 nitrogen and oxygen atoms in total. The standard InChI is InChI=1S/C17H21FN4O2/c1-21-12-19-20-17(21)13-5-4-9-22(11-13)16(23)8-10-24-15-7-3-2-6-14(15)18/h2-3,6-7,12-13H,4-5,8-11H2,1H3. The molecule has 0 N–H and O–H groups in total. The second-order valence-corrected chi connectivity index (χ2v) is 6.01. The zero-order valence-electron chi connectivity index (χ0n) is 13.7. The maximum Gasteiger partial charge on any atom is 0.226 e. The predicted octanol–water partition coefficient (Wildman–Crippen LogP) is 2.13. The van der Waals surface area contributed by atoms with E-state index in [0.29, 0.717) is 6.54 Å². The number of benzene rings is 1. The molecule has 0 radical (unpaired) electrons. The molecule has 7 heteroatoms. The van der Waals surface area contributed by atoms with Gasteiger partial charge in [-0.25, -0.2) is 4.39 Å². The lowest BCUT2D eigenvalue weighted by Gasteiger charge is -2.32. The van der Waals surface area contributed by atoms with E-state index in [-0.39, 0.29) is 30.6 Å². The number of halogens is 1. The summed E-state index contributed by atoms with van der Waals surface area (Å²) < 4.78 is 20.7. The SMILES string of the molecule is Cn1cnnc1C1CCCN(C(=O)CCOc2ccccc2F)C1. The fraction of sp³-hybridized carbons (Fsp3) is 0.471. The van der Waals surface area contributed by atoms with Crippen LogP contribution in [0.25, 0.3) is 0 Å². The van der Waals surface area contributed by atoms with Crippen molar-refractivity contribution in [2.24, 2.45) is 7.05 Å². The van der Waals surface area contributed by atoms with Gasteiger partial charge in [0.15, 0.2) is 11.6 Å². The van der Waals surface area contributed by atoms with Crippen molar-refractivity contribution >= 4 is 5.91 Å². The van der Waals surface area contributed by atoms with Crippen LogP contribution in [0.2, 0.25) is 0 Å². The van der Waals surface area contributed by atoms with E-state index in [1.165, 1.54) is 6.07 Å². The number of carbonyl (C=O) groups excluding carboxylic acids is 1. The van der Waals surface area contributed by atoms with Gasteiger partial charge in [-0.05, 0) is 25.0 Å². The molecule has 1 saturated heterocycles. The Bertz CT molecular complexity index is 703. The summed E-state index contributed by atoms with van der Waals surface area (Å²) in [4.78, 5) is 14.2. The van der Waals surface area contributed by atoms with Crippen LogP contribution in [0.5, 0.6) is 5.75 Å². The molecule has 1 aromatic heterocycles. The molecule has 1 aliphatic rings. The largest absolute Gasteiger partial charge is 0.490 e. The van der Waals surface area contributed by atoms with E-state index in [0.717, 1.165) is 25.2 Å². The predicted molar refractivity (Wildman–Crippen MR) is 86.1 cm³/mol. The highest BCUT2D eigenvalue weighted by molar-refractivity contribution is 5.76. The first-order valence-electron chi connectivity index (χ1n) is 8.14. The smallest absolute Gasteiger partial charge is 0.226 e. The lowest BCUT2D eigenvalue weighted by molar-refractivity contribution is -0.133. The highest BCUT2D eigenvalue weighted by atomic mass is 19.1. The minimum absolute atomic E-state index is 0.0261. The average molecular weight is 332 g/mol. The summed E-state index contributed by atoms with van der Waals surface area (Å²) in [5.41, 5.74) is 0. The number of nitrogens with zero attached hydrogens (tertiary/aromatic N) is 4. The van der Waals surface area contributed by atoms with Gasteiger partial charge in [-0.2, -0.15) is 0 Å². The average Bonchev–Trinajstić information content (AvgIpc) is 3.03. The quantitative estimate of drug-likeness (QED) is 0.841. The van der Waals surface area contributed by atoms with Crippen molar-refractivity contribution in [1.29, 1.82) is 0 Å². The summed E-state index contributed by atoms with van der Waals surface area (Å²) in [6, 6.07) is 6.21. The summed E-state index contributed by atoms with van der Waals surface area (Å²) in [5, 5.41) is 8.07. The first-order chi connectivity index (χ1) is 11.6. The van der Waals surface area contributed by atoms with Gasteiger partial charge in [0.25, 0.3) is 0 Å². The van der Waals surface area contributed by atoms with Gasteiger partial charge in [0.05, 0.1) is 13.0 Å². The van der Waals surface area contributed by atoms with E-state index in [1.54, 1.807) is 24.5 Å². The number of ether oxygens (including phenoxy) is 1. The van der Waals surface area contributed by atoms with Gasteiger partial charge in [0, 0.05) is 26.1 Å². The highest BCUT2D eigenvalue weighted by Gasteiger charge is 2.27. The first-order valence-corrected chi connectivity index (χ1v) is 8.14. The minimum atomic E-state index is -0.412. The van der Waals surface area contributed by atoms with Crippen molar-refractivity contribution in [1.82, 2.24) is 19.7 Å². The van der Waals surface area contributed by atoms with E-state index in [4.69, 9.17) is 4.74 Å². The molecule has 0 spiro atoms. The van der Waals surface area contributed by atoms with E-state index in [1.807, 2.05) is 16.5 Å². The third kappa shape index (κ3) is 3.72. The maximum absolute atomic E-state index is 13.5. The number of amides is 1. The van der Waals surface area contributed by atoms with Crippen LogP contribution in [0.3, 0.4) is 0 Å². The molecule has 0 bridgehead atoms. The first kappa shape index (κ1) is 16.4. The van der Waals surface area contributed by atoms with Gasteiger partial charge in [-0.3, -0.25) is 4.79 Å². The number of hydrogen-bond donors (Lipinski definition) is 0. The van der Waals surface area contributed by atoms with Gasteiger partial charge in [-0.1, -0.05) is 12.1 Å². The van der Waals surface area contributed by atoms with Crippen molar-refractivity contribution in [2.45, 2.75) is 25.2 Å². The van der Waals surface area contributed by atoms with E-state index in [9.17, 15) is 9.18 Å². The number of likely N-dealkylation sites (tertiary alicyclic amines) is 1. The van der Waals surface area contributed by atoms with Gasteiger partial charge in [0.1, 0.15) is 12.2 Å². The third-order valence-electron chi connectivity index (χ3n) is 4.30. The third-order valence-corrected chi connectivity index (χ3v) is 4.30. The lowest BCUT2D eigenvalue weighted by Crippen LogP contribution is -2.40. The molecule has 1 aromatic carbocycles. The zero-order valence-corrected chi connectivity index (χ0v) is 13.7. The van der Waals surface area contributed by atoms with Crippen molar-refractivity contribution < 1.29 is 13.9 Å². The molecule has 3 rings (SSSR count). The molecule has 128 valence electrons. The van der Waals surface area contributed by atoms with Crippen LogP contribution in [0.4, 0.5) is 4.39 Å². The second kappa shape index (κ2) is 7.42. The Labute approximate surface area is 140 Å². The number of aryl methyl sites for hydroxylation is 1. The molecule has 24 heavy (non-hydrogen) atoms. The van der Waals surface area contributed by atoms with Gasteiger partial charge >= 0.3 is 0 Å². The fourth-order valence-corrected chi connectivity index (χ4v) is 3.04. The summed E-state index contributed by atoms with van der Waals surface area (Å²) >= 11 is 0. The molecule has 1 amide bonds. The summed E-state index contributed by atoms with van der Waals surface area (Å²) in [7, 11) is 1.92. The van der Waals surface area contributed by atoms with Crippen molar-refractivity contribution in [3.8, 4) is 5.75 Å². The van der Waals surface area contributed by atoms with Crippen LogP contribution in [-0.4, -0.2) is 45.3 Å². The number of piperidine rings is 1. The number of rotatable bonds is 5. The maximum atomic E-state index is 13.5. The van der Waals surface area contributed by atoms with Gasteiger partial charge in [0.2, 0.25) is 5.91 Å². The molecule has 2 aromatic rings. The molecule has 1 aliphatic heterocycles. The van der Waals surface area contributed by atoms with Gasteiger partial charge < -0.3 is 14.2 Å². The summed E-state index contributed by atoms with van der Waals surface area (Å²) in [6.07, 6.45) is 3.86. The summed E-state index contributed by atoms with van der Waals surface area (Å²) in [5.74, 6) is 0.919. The minimum Gasteiger partial charge on any atom is -0.490 e. The molecule has 1 unspecified atom stereocenters. The zero-order chi connectivity index (χ0) is 16.9. The Balaban J connectivity index is 1.51. The van der Waals surface area contributed by atoms with Crippen LogP contribution in [0, 0.1) is 5.82 Å². The van der Waals surface area contributed by atoms with E-state index >= 15 is 0 Å². The fourth-order valence-electron chi connectivity index (χ4n) is 3.04. The van der Waals surface area contributed by atoms with Crippen LogP contribution in [-0.2, 0) is 11.8 Å². The Kier molecular flexibility index (Phi) is 5.08. The lowest BCUT2D eigenvalue weighted by atomic mass is 9.97. The second-order valence-electron chi connectivity index (χ2n) is 6.01. The molecule has 0 saturated carbocycles. The Morgan fingerprint density at radius 2 is 2.25 bits per heavy atom. The van der Waals surface area contributed by atoms with Crippen LogP contribution >= 0.6 is 0 Å². The number of carbonyl (C=O) groups is 1. The number of aromatic nitrogens is 3. The topological polar surface area (TPSA) is 60.2 Å². The van der Waals surface area contributed by atoms with Crippen LogP contribution in [0.15, 0.2) is 30.6 Å². The molecular weight excluding hydrogens is 311 g/mol. The van der Waals surface area contributed by atoms with E-state index < -0.39 is 5.82 Å². The van der Waals surface area contributed by atoms with Crippen LogP contribution < -0.4 is 4.74 Å².